The first-order valence-corrected chi connectivity index (χ1v) is 5.99. The Morgan fingerprint density at radius 2 is 2.12 bits per heavy atom. The summed E-state index contributed by atoms with van der Waals surface area (Å²) in [4.78, 5) is 11.8. The predicted molar refractivity (Wildman–Crippen MR) is 72.3 cm³/mol. The van der Waals surface area contributed by atoms with Gasteiger partial charge in [0.2, 0.25) is 0 Å². The molecule has 1 aromatic rings. The quantitative estimate of drug-likeness (QED) is 0.470. The van der Waals surface area contributed by atoms with Crippen LogP contribution in [0.3, 0.4) is 0 Å². The van der Waals surface area contributed by atoms with E-state index in [9.17, 15) is 4.79 Å². The Balaban J connectivity index is 2.88. The molecule has 2 nitrogen and oxygen atoms in total. The molecule has 0 saturated carbocycles. The second-order valence-corrected chi connectivity index (χ2v) is 4.86. The van der Waals surface area contributed by atoms with Gasteiger partial charge in [-0.15, -0.1) is 0 Å². The van der Waals surface area contributed by atoms with E-state index >= 15 is 0 Å². The fraction of sp³-hybridized carbons (Fsp3) is 0.357. The van der Waals surface area contributed by atoms with E-state index in [0.717, 1.165) is 5.56 Å². The van der Waals surface area contributed by atoms with Gasteiger partial charge in [-0.1, -0.05) is 17.9 Å². The normalized spacial score (nSPS) is 10.4. The minimum Gasteiger partial charge on any atom is -0.456 e. The summed E-state index contributed by atoms with van der Waals surface area (Å²) in [7, 11) is 0. The molecule has 0 atom stereocenters. The molecule has 0 heterocycles. The molecular formula is C14H16O2S. The minimum absolute atomic E-state index is 0.327. The van der Waals surface area contributed by atoms with E-state index in [1.54, 1.807) is 18.2 Å². The van der Waals surface area contributed by atoms with Crippen LogP contribution in [-0.2, 0) is 4.74 Å². The van der Waals surface area contributed by atoms with Crippen LogP contribution >= 0.6 is 12.6 Å². The van der Waals surface area contributed by atoms with Gasteiger partial charge in [0.15, 0.2) is 0 Å². The SMILES string of the molecule is CC(C)(C)OC(=O)c1cccc(C#CCS)c1. The number of carbonyl (C=O) groups is 1. The van der Waals surface area contributed by atoms with Crippen molar-refractivity contribution in [1.29, 1.82) is 0 Å². The van der Waals surface area contributed by atoms with Crippen molar-refractivity contribution in [3.05, 3.63) is 35.4 Å². The fourth-order valence-corrected chi connectivity index (χ4v) is 1.28. The maximum absolute atomic E-state index is 11.8. The first-order valence-electron chi connectivity index (χ1n) is 5.35. The molecule has 17 heavy (non-hydrogen) atoms. The highest BCUT2D eigenvalue weighted by Crippen LogP contribution is 2.13. The van der Waals surface area contributed by atoms with Crippen LogP contribution in [0.25, 0.3) is 0 Å². The number of hydrogen-bond acceptors (Lipinski definition) is 3. The van der Waals surface area contributed by atoms with Crippen LogP contribution in [0.5, 0.6) is 0 Å². The van der Waals surface area contributed by atoms with Crippen LogP contribution in [0.2, 0.25) is 0 Å². The molecule has 0 aromatic heterocycles. The molecule has 0 radical (unpaired) electrons. The molecule has 0 N–H and O–H groups in total. The van der Waals surface area contributed by atoms with Crippen molar-refractivity contribution in [2.75, 3.05) is 5.75 Å². The highest BCUT2D eigenvalue weighted by Gasteiger charge is 2.17. The summed E-state index contributed by atoms with van der Waals surface area (Å²) in [6, 6.07) is 7.09. The van der Waals surface area contributed by atoms with Gasteiger partial charge in [0.25, 0.3) is 0 Å². The van der Waals surface area contributed by atoms with Crippen LogP contribution in [-0.4, -0.2) is 17.3 Å². The van der Waals surface area contributed by atoms with Gasteiger partial charge in [-0.05, 0) is 39.0 Å². The molecule has 90 valence electrons. The van der Waals surface area contributed by atoms with Crippen LogP contribution in [0.1, 0.15) is 36.7 Å². The standard InChI is InChI=1S/C14H16O2S/c1-14(2,3)16-13(15)12-8-4-6-11(10-12)7-5-9-17/h4,6,8,10,17H,9H2,1-3H3. The van der Waals surface area contributed by atoms with E-state index in [4.69, 9.17) is 4.74 Å². The first-order chi connectivity index (χ1) is 7.92. The lowest BCUT2D eigenvalue weighted by atomic mass is 10.1. The molecule has 0 spiro atoms. The number of hydrogen-bond donors (Lipinski definition) is 1. The molecule has 1 aromatic carbocycles. The lowest BCUT2D eigenvalue weighted by Crippen LogP contribution is -2.23. The fourth-order valence-electron chi connectivity index (χ4n) is 1.20. The van der Waals surface area contributed by atoms with Gasteiger partial charge in [0.1, 0.15) is 5.60 Å². The lowest BCUT2D eigenvalue weighted by Gasteiger charge is -2.19. The summed E-state index contributed by atoms with van der Waals surface area (Å²) in [5, 5.41) is 0. The van der Waals surface area contributed by atoms with Gasteiger partial charge in [-0.2, -0.15) is 12.6 Å². The molecule has 3 heteroatoms. The van der Waals surface area contributed by atoms with Gasteiger partial charge in [0, 0.05) is 5.56 Å². The average molecular weight is 248 g/mol. The largest absolute Gasteiger partial charge is 0.456 e. The Hall–Kier alpha value is -1.40. The molecule has 1 rings (SSSR count). The monoisotopic (exact) mass is 248 g/mol. The molecule has 0 saturated heterocycles. The third-order valence-corrected chi connectivity index (χ3v) is 1.97. The van der Waals surface area contributed by atoms with Gasteiger partial charge in [-0.3, -0.25) is 0 Å². The summed E-state index contributed by atoms with van der Waals surface area (Å²) in [5.41, 5.74) is 0.831. The Kier molecular flexibility index (Phi) is 4.65. The van der Waals surface area contributed by atoms with Crippen molar-refractivity contribution in [2.45, 2.75) is 26.4 Å². The van der Waals surface area contributed by atoms with Crippen molar-refractivity contribution in [2.24, 2.45) is 0 Å². The van der Waals surface area contributed by atoms with Gasteiger partial charge < -0.3 is 4.74 Å². The molecular weight excluding hydrogens is 232 g/mol. The van der Waals surface area contributed by atoms with Crippen molar-refractivity contribution >= 4 is 18.6 Å². The van der Waals surface area contributed by atoms with E-state index < -0.39 is 5.60 Å². The second kappa shape index (κ2) is 5.79. The number of rotatable bonds is 1. The number of ether oxygens (including phenoxy) is 1. The zero-order valence-corrected chi connectivity index (χ0v) is 11.2. The van der Waals surface area contributed by atoms with Gasteiger partial charge >= 0.3 is 5.97 Å². The van der Waals surface area contributed by atoms with Gasteiger partial charge in [-0.25, -0.2) is 4.79 Å². The summed E-state index contributed by atoms with van der Waals surface area (Å²) < 4.78 is 5.28. The zero-order valence-electron chi connectivity index (χ0n) is 10.3. The maximum atomic E-state index is 11.8. The van der Waals surface area contributed by atoms with Crippen LogP contribution in [0, 0.1) is 11.8 Å². The maximum Gasteiger partial charge on any atom is 0.338 e. The van der Waals surface area contributed by atoms with E-state index in [-0.39, 0.29) is 5.97 Å². The van der Waals surface area contributed by atoms with Crippen LogP contribution < -0.4 is 0 Å². The predicted octanol–water partition coefficient (Wildman–Crippen LogP) is 2.92. The van der Waals surface area contributed by atoms with E-state index in [2.05, 4.69) is 24.5 Å². The number of thiol groups is 1. The highest BCUT2D eigenvalue weighted by atomic mass is 32.1. The van der Waals surface area contributed by atoms with E-state index in [1.807, 2.05) is 26.8 Å². The van der Waals surface area contributed by atoms with Crippen molar-refractivity contribution in [3.63, 3.8) is 0 Å². The number of benzene rings is 1. The van der Waals surface area contributed by atoms with Crippen molar-refractivity contribution in [1.82, 2.24) is 0 Å². The molecule has 0 unspecified atom stereocenters. The highest BCUT2D eigenvalue weighted by molar-refractivity contribution is 7.80. The zero-order chi connectivity index (χ0) is 12.9. The Morgan fingerprint density at radius 3 is 2.71 bits per heavy atom. The molecule has 0 aliphatic heterocycles. The molecule has 0 fully saturated rings. The molecule has 0 aliphatic carbocycles. The molecule has 0 aliphatic rings. The van der Waals surface area contributed by atoms with Crippen LogP contribution in [0.4, 0.5) is 0 Å². The second-order valence-electron chi connectivity index (χ2n) is 4.54. The van der Waals surface area contributed by atoms with E-state index in [1.165, 1.54) is 0 Å². The van der Waals surface area contributed by atoms with Crippen molar-refractivity contribution in [3.8, 4) is 11.8 Å². The third kappa shape index (κ3) is 4.97. The summed E-state index contributed by atoms with van der Waals surface area (Å²) >= 11 is 4.01. The topological polar surface area (TPSA) is 26.3 Å². The Bertz CT molecular complexity index is 461. The van der Waals surface area contributed by atoms with Crippen LogP contribution in [0.15, 0.2) is 24.3 Å². The Labute approximate surface area is 108 Å². The summed E-state index contributed by atoms with van der Waals surface area (Å²) in [5.74, 6) is 5.93. The molecule has 0 amide bonds. The third-order valence-electron chi connectivity index (χ3n) is 1.81. The Morgan fingerprint density at radius 1 is 1.41 bits per heavy atom. The molecule has 0 bridgehead atoms. The first kappa shape index (κ1) is 13.7. The average Bonchev–Trinajstić information content (AvgIpc) is 2.24. The van der Waals surface area contributed by atoms with Crippen molar-refractivity contribution < 1.29 is 9.53 Å². The number of esters is 1. The summed E-state index contributed by atoms with van der Waals surface area (Å²) in [6.07, 6.45) is 0. The summed E-state index contributed by atoms with van der Waals surface area (Å²) in [6.45, 7) is 5.53. The minimum atomic E-state index is -0.482. The number of carbonyl (C=O) groups excluding carboxylic acids is 1. The smallest absolute Gasteiger partial charge is 0.338 e. The lowest BCUT2D eigenvalue weighted by molar-refractivity contribution is 0.00695. The van der Waals surface area contributed by atoms with Gasteiger partial charge in [0.05, 0.1) is 11.3 Å². The van der Waals surface area contributed by atoms with E-state index in [0.29, 0.717) is 11.3 Å².